The molecule has 0 saturated heterocycles. The van der Waals surface area contributed by atoms with E-state index in [1.807, 2.05) is 0 Å². The fraction of sp³-hybridized carbons (Fsp3) is 0.286. The average Bonchev–Trinajstić information content (AvgIpc) is 2.89. The lowest BCUT2D eigenvalue weighted by Gasteiger charge is -2.22. The molecule has 0 unspecified atom stereocenters. The molecule has 1 heterocycles. The molecule has 9 heteroatoms. The van der Waals surface area contributed by atoms with Crippen LogP contribution in [0.15, 0.2) is 67.0 Å². The summed E-state index contributed by atoms with van der Waals surface area (Å²) in [4.78, 5) is 42.6. The van der Waals surface area contributed by atoms with Crippen LogP contribution in [0.5, 0.6) is 0 Å². The van der Waals surface area contributed by atoms with Gasteiger partial charge in [0.25, 0.3) is 11.8 Å². The number of hydrogen-bond donors (Lipinski definition) is 3. The molecule has 7 nitrogen and oxygen atoms in total. The molecule has 1 atom stereocenters. The zero-order chi connectivity index (χ0) is 26.8. The fourth-order valence-corrected chi connectivity index (χ4v) is 3.69. The highest BCUT2D eigenvalue weighted by Gasteiger charge is 2.26. The van der Waals surface area contributed by atoms with E-state index in [-0.39, 0.29) is 41.1 Å². The molecule has 3 amide bonds. The van der Waals surface area contributed by atoms with Crippen LogP contribution in [0.25, 0.3) is 0 Å². The van der Waals surface area contributed by atoms with E-state index in [9.17, 15) is 23.2 Å². The lowest BCUT2D eigenvalue weighted by atomic mass is 10.0. The van der Waals surface area contributed by atoms with Gasteiger partial charge in [0.05, 0.1) is 11.1 Å². The summed E-state index contributed by atoms with van der Waals surface area (Å²) < 4.78 is 26.1. The Morgan fingerprint density at radius 1 is 0.757 bits per heavy atom. The first-order chi connectivity index (χ1) is 17.7. The molecule has 0 spiro atoms. The van der Waals surface area contributed by atoms with Crippen LogP contribution in [0.1, 0.15) is 45.7 Å². The van der Waals surface area contributed by atoms with E-state index in [0.717, 1.165) is 11.1 Å². The van der Waals surface area contributed by atoms with E-state index >= 15 is 0 Å². The van der Waals surface area contributed by atoms with E-state index in [2.05, 4.69) is 20.9 Å². The maximum Gasteiger partial charge on any atom is 0.253 e. The molecule has 3 rings (SSSR count). The van der Waals surface area contributed by atoms with Crippen molar-refractivity contribution in [1.82, 2.24) is 20.9 Å². The fourth-order valence-electron chi connectivity index (χ4n) is 3.69. The lowest BCUT2D eigenvalue weighted by Crippen LogP contribution is -2.50. The van der Waals surface area contributed by atoms with E-state index < -0.39 is 17.9 Å². The van der Waals surface area contributed by atoms with Gasteiger partial charge < -0.3 is 16.0 Å². The number of nitrogens with one attached hydrogen (secondary N) is 3. The van der Waals surface area contributed by atoms with E-state index in [1.165, 1.54) is 42.7 Å². The molecule has 3 aromatic rings. The highest BCUT2D eigenvalue weighted by molar-refractivity contribution is 6.07. The van der Waals surface area contributed by atoms with Crippen LogP contribution in [0, 0.1) is 17.6 Å². The van der Waals surface area contributed by atoms with Crippen molar-refractivity contribution in [3.8, 4) is 0 Å². The van der Waals surface area contributed by atoms with Gasteiger partial charge in [-0.3, -0.25) is 19.4 Å². The van der Waals surface area contributed by atoms with Crippen molar-refractivity contribution in [2.75, 3.05) is 13.1 Å². The molecule has 2 aromatic carbocycles. The Labute approximate surface area is 214 Å². The number of benzene rings is 2. The number of pyridine rings is 1. The first kappa shape index (κ1) is 27.4. The van der Waals surface area contributed by atoms with Crippen molar-refractivity contribution in [1.29, 1.82) is 0 Å². The van der Waals surface area contributed by atoms with Crippen LogP contribution in [0.3, 0.4) is 0 Å². The summed E-state index contributed by atoms with van der Waals surface area (Å²) in [5, 5.41) is 8.28. The Morgan fingerprint density at radius 2 is 1.30 bits per heavy atom. The summed E-state index contributed by atoms with van der Waals surface area (Å²) in [7, 11) is 0. The van der Waals surface area contributed by atoms with Crippen LogP contribution in [-0.2, 0) is 17.6 Å². The highest BCUT2D eigenvalue weighted by Crippen LogP contribution is 2.11. The summed E-state index contributed by atoms with van der Waals surface area (Å²) in [5.74, 6) is -2.29. The third-order valence-electron chi connectivity index (χ3n) is 5.78. The highest BCUT2D eigenvalue weighted by atomic mass is 19.1. The van der Waals surface area contributed by atoms with Crippen molar-refractivity contribution in [3.05, 3.63) is 101 Å². The van der Waals surface area contributed by atoms with Gasteiger partial charge in [-0.15, -0.1) is 0 Å². The van der Waals surface area contributed by atoms with Crippen LogP contribution in [-0.4, -0.2) is 41.8 Å². The SMILES string of the molecule is CC(C)[C@@H](NC(=O)c1ccncc1C(=O)NCCc1ccc(F)cc1)C(=O)NCCc1ccc(F)cc1. The second-order valence-electron chi connectivity index (χ2n) is 8.92. The van der Waals surface area contributed by atoms with Crippen molar-refractivity contribution in [3.63, 3.8) is 0 Å². The molecule has 0 aliphatic carbocycles. The smallest absolute Gasteiger partial charge is 0.253 e. The Kier molecular flexibility index (Phi) is 9.83. The predicted molar refractivity (Wildman–Crippen MR) is 136 cm³/mol. The number of amides is 3. The van der Waals surface area contributed by atoms with E-state index in [4.69, 9.17) is 0 Å². The summed E-state index contributed by atoms with van der Waals surface area (Å²) in [6.45, 7) is 4.21. The van der Waals surface area contributed by atoms with Gasteiger partial charge in [0.1, 0.15) is 17.7 Å². The maximum atomic E-state index is 13.1. The van der Waals surface area contributed by atoms with Gasteiger partial charge in [0.15, 0.2) is 0 Å². The zero-order valence-corrected chi connectivity index (χ0v) is 20.8. The number of rotatable bonds is 11. The molecule has 0 bridgehead atoms. The van der Waals surface area contributed by atoms with Gasteiger partial charge in [0, 0.05) is 25.5 Å². The summed E-state index contributed by atoms with van der Waals surface area (Å²) in [5.41, 5.74) is 1.91. The lowest BCUT2D eigenvalue weighted by molar-refractivity contribution is -0.123. The second kappa shape index (κ2) is 13.2. The number of nitrogens with zero attached hydrogens (tertiary/aromatic N) is 1. The normalized spacial score (nSPS) is 11.6. The van der Waals surface area contributed by atoms with Crippen LogP contribution >= 0.6 is 0 Å². The Morgan fingerprint density at radius 3 is 1.84 bits per heavy atom. The third-order valence-corrected chi connectivity index (χ3v) is 5.78. The third kappa shape index (κ3) is 8.20. The molecular formula is C28H30F2N4O3. The van der Waals surface area contributed by atoms with Crippen LogP contribution in [0.4, 0.5) is 8.78 Å². The molecule has 0 radical (unpaired) electrons. The summed E-state index contributed by atoms with van der Waals surface area (Å²) in [6.07, 6.45) is 3.70. The van der Waals surface area contributed by atoms with E-state index in [1.54, 1.807) is 38.1 Å². The Balaban J connectivity index is 1.58. The molecule has 3 N–H and O–H groups in total. The van der Waals surface area contributed by atoms with Gasteiger partial charge in [0.2, 0.25) is 5.91 Å². The monoisotopic (exact) mass is 508 g/mol. The van der Waals surface area contributed by atoms with Crippen LogP contribution in [0.2, 0.25) is 0 Å². The second-order valence-corrected chi connectivity index (χ2v) is 8.92. The quantitative estimate of drug-likeness (QED) is 0.369. The molecule has 194 valence electrons. The van der Waals surface area contributed by atoms with Gasteiger partial charge in [-0.25, -0.2) is 8.78 Å². The number of halogens is 2. The minimum atomic E-state index is -0.830. The minimum Gasteiger partial charge on any atom is -0.354 e. The molecule has 37 heavy (non-hydrogen) atoms. The summed E-state index contributed by atoms with van der Waals surface area (Å²) in [6, 6.07) is 12.6. The number of carbonyl (C=O) groups is 3. The summed E-state index contributed by atoms with van der Waals surface area (Å²) >= 11 is 0. The zero-order valence-electron chi connectivity index (χ0n) is 20.8. The van der Waals surface area contributed by atoms with Crippen LogP contribution < -0.4 is 16.0 Å². The molecular weight excluding hydrogens is 478 g/mol. The van der Waals surface area contributed by atoms with Gasteiger partial charge >= 0.3 is 0 Å². The van der Waals surface area contributed by atoms with Gasteiger partial charge in [-0.05, 0) is 60.2 Å². The number of carbonyl (C=O) groups excluding carboxylic acids is 3. The van der Waals surface area contributed by atoms with Crippen molar-refractivity contribution < 1.29 is 23.2 Å². The molecule has 0 aliphatic rings. The predicted octanol–water partition coefficient (Wildman–Crippen LogP) is 3.45. The number of aromatic nitrogens is 1. The van der Waals surface area contributed by atoms with Gasteiger partial charge in [-0.1, -0.05) is 38.1 Å². The van der Waals surface area contributed by atoms with Crippen molar-refractivity contribution in [2.24, 2.45) is 5.92 Å². The minimum absolute atomic E-state index is 0.0818. The molecule has 0 saturated carbocycles. The Bertz CT molecular complexity index is 1210. The average molecular weight is 509 g/mol. The molecule has 1 aromatic heterocycles. The maximum absolute atomic E-state index is 13.1. The van der Waals surface area contributed by atoms with Crippen molar-refractivity contribution in [2.45, 2.75) is 32.7 Å². The topological polar surface area (TPSA) is 100 Å². The first-order valence-corrected chi connectivity index (χ1v) is 12.0. The largest absolute Gasteiger partial charge is 0.354 e. The first-order valence-electron chi connectivity index (χ1n) is 12.0. The number of hydrogen-bond acceptors (Lipinski definition) is 4. The van der Waals surface area contributed by atoms with Crippen molar-refractivity contribution >= 4 is 17.7 Å². The molecule has 0 aliphatic heterocycles. The standard InChI is InChI=1S/C28H30F2N4O3/c1-18(2)25(28(37)33-16-12-20-5-9-22(30)10-6-20)34-27(36)23-13-14-31-17-24(23)26(35)32-15-11-19-3-7-21(29)8-4-19/h3-10,13-14,17-18,25H,11-12,15-16H2,1-2H3,(H,32,35)(H,33,37)(H,34,36)/t25-/m1/s1. The molecule has 0 fully saturated rings. The van der Waals surface area contributed by atoms with E-state index in [0.29, 0.717) is 19.4 Å². The van der Waals surface area contributed by atoms with Gasteiger partial charge in [-0.2, -0.15) is 0 Å². The Hall–Kier alpha value is -4.14.